The molecule has 1 aliphatic rings. The van der Waals surface area contributed by atoms with E-state index >= 15 is 0 Å². The van der Waals surface area contributed by atoms with Gasteiger partial charge in [-0.1, -0.05) is 34.1 Å². The summed E-state index contributed by atoms with van der Waals surface area (Å²) in [6.07, 6.45) is 1.64. The predicted octanol–water partition coefficient (Wildman–Crippen LogP) is 5.94. The van der Waals surface area contributed by atoms with Gasteiger partial charge >= 0.3 is 5.97 Å². The zero-order valence-corrected chi connectivity index (χ0v) is 22.5. The molecule has 7 nitrogen and oxygen atoms in total. The SMILES string of the molecule is COc1cc(/C=C2\N=C(c3ccc(NC(C)=O)cc3)OC2=O)cc(I)c1OCc1ccccc1Br. The Morgan fingerprint density at radius 2 is 1.91 bits per heavy atom. The standard InChI is InChI=1S/C26H20BrIN2O5/c1-15(31)29-19-9-7-17(8-10-19)25-30-22(26(32)35-25)12-16-11-21(28)24(23(13-16)33-2)34-14-18-5-3-4-6-20(18)27/h3-13H,14H2,1-2H3,(H,29,31)/b22-12-. The number of rotatable bonds is 7. The molecular weight excluding hydrogens is 627 g/mol. The van der Waals surface area contributed by atoms with Crippen molar-refractivity contribution in [3.8, 4) is 11.5 Å². The molecule has 1 heterocycles. The van der Waals surface area contributed by atoms with Crippen molar-refractivity contribution in [3.63, 3.8) is 0 Å². The van der Waals surface area contributed by atoms with Crippen LogP contribution in [0.1, 0.15) is 23.6 Å². The quantitative estimate of drug-likeness (QED) is 0.195. The Morgan fingerprint density at radius 1 is 1.17 bits per heavy atom. The number of aliphatic imine (C=N–C) groups is 1. The van der Waals surface area contributed by atoms with E-state index < -0.39 is 5.97 Å². The fourth-order valence-electron chi connectivity index (χ4n) is 3.32. The molecule has 0 aromatic heterocycles. The summed E-state index contributed by atoms with van der Waals surface area (Å²) >= 11 is 5.71. The predicted molar refractivity (Wildman–Crippen MR) is 146 cm³/mol. The summed E-state index contributed by atoms with van der Waals surface area (Å²) < 4.78 is 18.8. The first-order valence-electron chi connectivity index (χ1n) is 10.5. The largest absolute Gasteiger partial charge is 0.493 e. The van der Waals surface area contributed by atoms with Gasteiger partial charge in [0.25, 0.3) is 0 Å². The Hall–Kier alpha value is -3.18. The normalized spacial score (nSPS) is 13.9. The van der Waals surface area contributed by atoms with Crippen LogP contribution in [-0.4, -0.2) is 24.9 Å². The van der Waals surface area contributed by atoms with Gasteiger partial charge < -0.3 is 19.5 Å². The number of benzene rings is 3. The second kappa shape index (κ2) is 11.0. The number of anilines is 1. The van der Waals surface area contributed by atoms with Crippen molar-refractivity contribution in [2.24, 2.45) is 4.99 Å². The van der Waals surface area contributed by atoms with Gasteiger partial charge in [0.1, 0.15) is 6.61 Å². The Kier molecular flexibility index (Phi) is 7.86. The summed E-state index contributed by atoms with van der Waals surface area (Å²) in [5.41, 5.74) is 3.17. The summed E-state index contributed by atoms with van der Waals surface area (Å²) in [7, 11) is 1.57. The van der Waals surface area contributed by atoms with E-state index in [9.17, 15) is 9.59 Å². The van der Waals surface area contributed by atoms with Crippen LogP contribution in [0.5, 0.6) is 11.5 Å². The van der Waals surface area contributed by atoms with Crippen molar-refractivity contribution in [2.75, 3.05) is 12.4 Å². The number of amides is 1. The van der Waals surface area contributed by atoms with Gasteiger partial charge in [-0.25, -0.2) is 9.79 Å². The highest BCUT2D eigenvalue weighted by atomic mass is 127. The van der Waals surface area contributed by atoms with Gasteiger partial charge in [0.05, 0.1) is 10.7 Å². The average Bonchev–Trinajstić information content (AvgIpc) is 3.19. The number of halogens is 2. The minimum atomic E-state index is -0.547. The molecule has 1 N–H and O–H groups in total. The van der Waals surface area contributed by atoms with E-state index in [1.54, 1.807) is 43.5 Å². The number of carbonyl (C=O) groups is 2. The molecule has 0 saturated heterocycles. The Morgan fingerprint density at radius 3 is 2.60 bits per heavy atom. The number of ether oxygens (including phenoxy) is 3. The third kappa shape index (κ3) is 6.09. The molecule has 0 atom stereocenters. The van der Waals surface area contributed by atoms with Gasteiger partial charge in [0.2, 0.25) is 11.8 Å². The van der Waals surface area contributed by atoms with Crippen molar-refractivity contribution in [3.05, 3.63) is 91.1 Å². The van der Waals surface area contributed by atoms with Crippen LogP contribution < -0.4 is 14.8 Å². The number of methoxy groups -OCH3 is 1. The number of nitrogens with zero attached hydrogens (tertiary/aromatic N) is 1. The minimum absolute atomic E-state index is 0.165. The molecule has 35 heavy (non-hydrogen) atoms. The van der Waals surface area contributed by atoms with Gasteiger partial charge in [-0.2, -0.15) is 0 Å². The first kappa shape index (κ1) is 24.9. The van der Waals surface area contributed by atoms with E-state index in [2.05, 4.69) is 48.8 Å². The number of nitrogens with one attached hydrogen (secondary N) is 1. The van der Waals surface area contributed by atoms with Crippen LogP contribution in [0.3, 0.4) is 0 Å². The lowest BCUT2D eigenvalue weighted by Crippen LogP contribution is -2.07. The molecule has 1 aliphatic heterocycles. The van der Waals surface area contributed by atoms with Crippen LogP contribution in [0.25, 0.3) is 6.08 Å². The lowest BCUT2D eigenvalue weighted by Gasteiger charge is -2.14. The van der Waals surface area contributed by atoms with Crippen molar-refractivity contribution < 1.29 is 23.8 Å². The van der Waals surface area contributed by atoms with Gasteiger partial charge in [-0.15, -0.1) is 0 Å². The number of esters is 1. The Balaban J connectivity index is 1.56. The van der Waals surface area contributed by atoms with Crippen molar-refractivity contribution in [1.29, 1.82) is 0 Å². The summed E-state index contributed by atoms with van der Waals surface area (Å²) in [4.78, 5) is 28.0. The lowest BCUT2D eigenvalue weighted by atomic mass is 10.1. The summed E-state index contributed by atoms with van der Waals surface area (Å²) in [5.74, 6) is 0.644. The Bertz CT molecular complexity index is 1350. The molecule has 0 unspecified atom stereocenters. The summed E-state index contributed by atoms with van der Waals surface area (Å²) in [6.45, 7) is 1.81. The van der Waals surface area contributed by atoms with Gasteiger partial charge in [-0.05, 0) is 76.7 Å². The molecule has 0 saturated carbocycles. The van der Waals surface area contributed by atoms with Gasteiger partial charge in [0.15, 0.2) is 17.2 Å². The van der Waals surface area contributed by atoms with E-state index in [-0.39, 0.29) is 17.5 Å². The molecule has 9 heteroatoms. The van der Waals surface area contributed by atoms with E-state index in [0.717, 1.165) is 19.2 Å². The zero-order chi connectivity index (χ0) is 24.9. The molecule has 178 valence electrons. The Labute approximate surface area is 224 Å². The first-order chi connectivity index (χ1) is 16.8. The third-order valence-corrected chi connectivity index (χ3v) is 6.53. The van der Waals surface area contributed by atoms with Crippen molar-refractivity contribution in [2.45, 2.75) is 13.5 Å². The summed E-state index contributed by atoms with van der Waals surface area (Å²) in [6, 6.07) is 18.4. The molecule has 0 bridgehead atoms. The smallest absolute Gasteiger partial charge is 0.363 e. The molecule has 0 aliphatic carbocycles. The highest BCUT2D eigenvalue weighted by Gasteiger charge is 2.24. The first-order valence-corrected chi connectivity index (χ1v) is 12.4. The molecule has 0 radical (unpaired) electrons. The molecule has 1 amide bonds. The lowest BCUT2D eigenvalue weighted by molar-refractivity contribution is -0.129. The number of carbonyl (C=O) groups excluding carboxylic acids is 2. The van der Waals surface area contributed by atoms with Crippen LogP contribution in [0, 0.1) is 3.57 Å². The topological polar surface area (TPSA) is 86.2 Å². The van der Waals surface area contributed by atoms with E-state index in [1.165, 1.54) is 6.92 Å². The third-order valence-electron chi connectivity index (χ3n) is 4.96. The summed E-state index contributed by atoms with van der Waals surface area (Å²) in [5, 5.41) is 2.69. The average molecular weight is 647 g/mol. The maximum atomic E-state index is 12.4. The molecule has 3 aromatic rings. The maximum absolute atomic E-state index is 12.4. The van der Waals surface area contributed by atoms with Gasteiger partial charge in [-0.3, -0.25) is 4.79 Å². The fraction of sp³-hybridized carbons (Fsp3) is 0.115. The highest BCUT2D eigenvalue weighted by molar-refractivity contribution is 14.1. The van der Waals surface area contributed by atoms with Crippen LogP contribution in [0.4, 0.5) is 5.69 Å². The molecule has 4 rings (SSSR count). The van der Waals surface area contributed by atoms with E-state index in [4.69, 9.17) is 14.2 Å². The number of cyclic esters (lactones) is 1. The van der Waals surface area contributed by atoms with Crippen molar-refractivity contribution in [1.82, 2.24) is 0 Å². The van der Waals surface area contributed by atoms with Crippen molar-refractivity contribution >= 4 is 68.1 Å². The molecule has 3 aromatic carbocycles. The van der Waals surface area contributed by atoms with Crippen LogP contribution in [0.2, 0.25) is 0 Å². The monoisotopic (exact) mass is 646 g/mol. The fourth-order valence-corrected chi connectivity index (χ4v) is 4.50. The highest BCUT2D eigenvalue weighted by Crippen LogP contribution is 2.36. The van der Waals surface area contributed by atoms with E-state index in [1.807, 2.05) is 30.3 Å². The van der Waals surface area contributed by atoms with Gasteiger partial charge in [0, 0.05) is 28.2 Å². The number of hydrogen-bond acceptors (Lipinski definition) is 6. The molecular formula is C26H20BrIN2O5. The van der Waals surface area contributed by atoms with Crippen LogP contribution in [0.15, 0.2) is 75.8 Å². The van der Waals surface area contributed by atoms with Crippen LogP contribution in [-0.2, 0) is 20.9 Å². The zero-order valence-electron chi connectivity index (χ0n) is 18.8. The second-order valence-electron chi connectivity index (χ2n) is 7.51. The number of hydrogen-bond donors (Lipinski definition) is 1. The van der Waals surface area contributed by atoms with Crippen LogP contribution >= 0.6 is 38.5 Å². The maximum Gasteiger partial charge on any atom is 0.363 e. The molecule has 0 fully saturated rings. The van der Waals surface area contributed by atoms with E-state index in [0.29, 0.717) is 29.4 Å². The minimum Gasteiger partial charge on any atom is -0.493 e. The second-order valence-corrected chi connectivity index (χ2v) is 9.53. The molecule has 0 spiro atoms.